The Balaban J connectivity index is 0.00000245. The van der Waals surface area contributed by atoms with Gasteiger partial charge in [-0.3, -0.25) is 4.98 Å². The fourth-order valence-corrected chi connectivity index (χ4v) is 4.80. The Morgan fingerprint density at radius 2 is 1.65 bits per heavy atom. The van der Waals surface area contributed by atoms with Gasteiger partial charge in [-0.1, -0.05) is 30.3 Å². The highest BCUT2D eigenvalue weighted by atomic mass is 32.2. The molecule has 31 heavy (non-hydrogen) atoms. The lowest BCUT2D eigenvalue weighted by molar-refractivity contribution is 0.309. The summed E-state index contributed by atoms with van der Waals surface area (Å²) in [7, 11) is -3.42. The average Bonchev–Trinajstić information content (AvgIpc) is 3.23. The van der Waals surface area contributed by atoms with Crippen molar-refractivity contribution < 1.29 is 14.3 Å². The van der Waals surface area contributed by atoms with Crippen LogP contribution >= 0.6 is 0 Å². The standard InChI is InChI=1S/C22H19N5O3S.H2/c1-15-20(22-26-25-21(30-22)17-6-3-2-4-7-17)24-19(14-23-15)16-8-10-18(11-9-16)31(28,29)27-12-5-13-27;/h2-4,6-11,14H,5,12-13H2,1H3;1H. The number of sulfonamides is 1. The molecule has 0 aliphatic carbocycles. The molecule has 0 bridgehead atoms. The second-order valence-corrected chi connectivity index (χ2v) is 9.19. The Morgan fingerprint density at radius 1 is 0.935 bits per heavy atom. The molecule has 0 atom stereocenters. The molecule has 1 aliphatic heterocycles. The first kappa shape index (κ1) is 19.5. The fraction of sp³-hybridized carbons (Fsp3) is 0.182. The Labute approximate surface area is 181 Å². The van der Waals surface area contributed by atoms with Gasteiger partial charge in [-0.25, -0.2) is 13.4 Å². The number of rotatable bonds is 5. The third-order valence-corrected chi connectivity index (χ3v) is 7.12. The van der Waals surface area contributed by atoms with Gasteiger partial charge in [-0.2, -0.15) is 4.31 Å². The van der Waals surface area contributed by atoms with Crippen molar-refractivity contribution in [3.63, 3.8) is 0 Å². The van der Waals surface area contributed by atoms with Crippen LogP contribution in [0.15, 0.2) is 70.1 Å². The fourth-order valence-electron chi connectivity index (χ4n) is 3.28. The van der Waals surface area contributed by atoms with E-state index >= 15 is 0 Å². The van der Waals surface area contributed by atoms with Crippen LogP contribution in [-0.4, -0.2) is 46.0 Å². The second kappa shape index (κ2) is 7.68. The molecule has 0 unspecified atom stereocenters. The monoisotopic (exact) mass is 435 g/mol. The molecule has 5 rings (SSSR count). The summed E-state index contributed by atoms with van der Waals surface area (Å²) in [5, 5.41) is 8.26. The molecule has 1 fully saturated rings. The van der Waals surface area contributed by atoms with Gasteiger partial charge < -0.3 is 4.42 Å². The smallest absolute Gasteiger partial charge is 0.268 e. The van der Waals surface area contributed by atoms with Crippen molar-refractivity contribution >= 4 is 10.0 Å². The van der Waals surface area contributed by atoms with Crippen LogP contribution in [0.5, 0.6) is 0 Å². The molecule has 158 valence electrons. The molecule has 8 nitrogen and oxygen atoms in total. The highest BCUT2D eigenvalue weighted by molar-refractivity contribution is 7.89. The van der Waals surface area contributed by atoms with Gasteiger partial charge in [0.2, 0.25) is 15.9 Å². The maximum absolute atomic E-state index is 12.5. The summed E-state index contributed by atoms with van der Waals surface area (Å²) in [6, 6.07) is 16.2. The third-order valence-electron chi connectivity index (χ3n) is 5.21. The molecule has 1 saturated heterocycles. The minimum Gasteiger partial charge on any atom is -0.415 e. The molecule has 3 heterocycles. The van der Waals surface area contributed by atoms with Gasteiger partial charge in [-0.15, -0.1) is 10.2 Å². The van der Waals surface area contributed by atoms with E-state index in [0.717, 1.165) is 17.5 Å². The van der Waals surface area contributed by atoms with Crippen molar-refractivity contribution in [2.75, 3.05) is 13.1 Å². The van der Waals surface area contributed by atoms with E-state index in [1.807, 2.05) is 37.3 Å². The van der Waals surface area contributed by atoms with Crippen LogP contribution in [0.3, 0.4) is 0 Å². The van der Waals surface area contributed by atoms with E-state index in [9.17, 15) is 8.42 Å². The quantitative estimate of drug-likeness (QED) is 0.470. The maximum atomic E-state index is 12.5. The van der Waals surface area contributed by atoms with Crippen LogP contribution in [0, 0.1) is 6.92 Å². The first-order chi connectivity index (χ1) is 15.0. The molecule has 4 aromatic rings. The first-order valence-electron chi connectivity index (χ1n) is 9.86. The summed E-state index contributed by atoms with van der Waals surface area (Å²) in [4.78, 5) is 9.35. The predicted molar refractivity (Wildman–Crippen MR) is 116 cm³/mol. The molecule has 0 radical (unpaired) electrons. The Bertz CT molecular complexity index is 1340. The SMILES string of the molecule is Cc1ncc(-c2ccc(S(=O)(=O)N3CCC3)cc2)nc1-c1nnc(-c2ccccc2)o1.[HH]. The first-order valence-corrected chi connectivity index (χ1v) is 11.3. The van der Waals surface area contributed by atoms with E-state index in [1.165, 1.54) is 4.31 Å². The van der Waals surface area contributed by atoms with Crippen molar-refractivity contribution in [1.29, 1.82) is 0 Å². The van der Waals surface area contributed by atoms with Gasteiger partial charge in [0.15, 0.2) is 0 Å². The lowest BCUT2D eigenvalue weighted by atomic mass is 10.1. The van der Waals surface area contributed by atoms with Crippen LogP contribution in [0.2, 0.25) is 0 Å². The lowest BCUT2D eigenvalue weighted by Crippen LogP contribution is -2.41. The summed E-state index contributed by atoms with van der Waals surface area (Å²) in [6.45, 7) is 2.97. The van der Waals surface area contributed by atoms with E-state index in [2.05, 4.69) is 20.2 Å². The third kappa shape index (κ3) is 3.62. The van der Waals surface area contributed by atoms with Gasteiger partial charge in [-0.05, 0) is 37.6 Å². The number of hydrogen-bond donors (Lipinski definition) is 0. The van der Waals surface area contributed by atoms with Gasteiger partial charge in [0.1, 0.15) is 5.69 Å². The summed E-state index contributed by atoms with van der Waals surface area (Å²) in [5.41, 5.74) is 3.31. The van der Waals surface area contributed by atoms with Crippen LogP contribution in [0.4, 0.5) is 0 Å². The summed E-state index contributed by atoms with van der Waals surface area (Å²) < 4.78 is 32.4. The van der Waals surface area contributed by atoms with E-state index < -0.39 is 10.0 Å². The largest absolute Gasteiger partial charge is 0.415 e. The molecular formula is C22H21N5O3S. The van der Waals surface area contributed by atoms with Crippen LogP contribution in [0.25, 0.3) is 34.3 Å². The Morgan fingerprint density at radius 3 is 2.32 bits per heavy atom. The maximum Gasteiger partial charge on any atom is 0.268 e. The molecule has 2 aromatic heterocycles. The van der Waals surface area contributed by atoms with E-state index in [-0.39, 0.29) is 12.2 Å². The molecule has 2 aromatic carbocycles. The minimum atomic E-state index is -3.42. The summed E-state index contributed by atoms with van der Waals surface area (Å²) >= 11 is 0. The van der Waals surface area contributed by atoms with Crippen molar-refractivity contribution in [3.05, 3.63) is 66.5 Å². The highest BCUT2D eigenvalue weighted by Crippen LogP contribution is 2.28. The van der Waals surface area contributed by atoms with Gasteiger partial charge in [0.25, 0.3) is 5.89 Å². The van der Waals surface area contributed by atoms with Crippen molar-refractivity contribution in [1.82, 2.24) is 24.5 Å². The van der Waals surface area contributed by atoms with Crippen molar-refractivity contribution in [2.24, 2.45) is 0 Å². The molecule has 0 spiro atoms. The van der Waals surface area contributed by atoms with Gasteiger partial charge in [0, 0.05) is 25.6 Å². The molecule has 1 aliphatic rings. The normalized spacial score (nSPS) is 14.4. The minimum absolute atomic E-state index is 0. The summed E-state index contributed by atoms with van der Waals surface area (Å²) in [6.07, 6.45) is 2.55. The average molecular weight is 436 g/mol. The number of hydrogen-bond acceptors (Lipinski definition) is 7. The molecule has 0 N–H and O–H groups in total. The number of nitrogens with zero attached hydrogens (tertiary/aromatic N) is 5. The molecule has 0 amide bonds. The van der Waals surface area contributed by atoms with Gasteiger partial charge in [0.05, 0.1) is 22.5 Å². The number of aromatic nitrogens is 4. The zero-order chi connectivity index (χ0) is 21.4. The van der Waals surface area contributed by atoms with Gasteiger partial charge >= 0.3 is 0 Å². The Kier molecular flexibility index (Phi) is 4.84. The lowest BCUT2D eigenvalue weighted by Gasteiger charge is -2.29. The second-order valence-electron chi connectivity index (χ2n) is 7.25. The van der Waals surface area contributed by atoms with E-state index in [1.54, 1.807) is 30.5 Å². The van der Waals surface area contributed by atoms with Crippen LogP contribution in [0.1, 0.15) is 13.5 Å². The topological polar surface area (TPSA) is 102 Å². The van der Waals surface area contributed by atoms with E-state index in [0.29, 0.717) is 36.1 Å². The van der Waals surface area contributed by atoms with Crippen LogP contribution < -0.4 is 0 Å². The van der Waals surface area contributed by atoms with Crippen molar-refractivity contribution in [2.45, 2.75) is 18.2 Å². The number of aryl methyl sites for hydroxylation is 1. The van der Waals surface area contributed by atoms with Crippen molar-refractivity contribution in [3.8, 4) is 34.3 Å². The highest BCUT2D eigenvalue weighted by Gasteiger charge is 2.29. The zero-order valence-corrected chi connectivity index (χ0v) is 17.6. The zero-order valence-electron chi connectivity index (χ0n) is 16.8. The molecular weight excluding hydrogens is 414 g/mol. The Hall–Kier alpha value is -3.43. The number of benzene rings is 2. The molecule has 0 saturated carbocycles. The predicted octanol–water partition coefficient (Wildman–Crippen LogP) is 3.81. The summed E-state index contributed by atoms with van der Waals surface area (Å²) in [5.74, 6) is 0.686. The van der Waals surface area contributed by atoms with E-state index in [4.69, 9.17) is 4.42 Å². The molecule has 9 heteroatoms. The van der Waals surface area contributed by atoms with Crippen LogP contribution in [-0.2, 0) is 10.0 Å².